The molecule has 1 fully saturated rings. The molecule has 1 amide bonds. The van der Waals surface area contributed by atoms with Gasteiger partial charge in [0.15, 0.2) is 0 Å². The summed E-state index contributed by atoms with van der Waals surface area (Å²) in [6.07, 6.45) is 1.64. The lowest BCUT2D eigenvalue weighted by atomic mass is 9.68. The van der Waals surface area contributed by atoms with E-state index < -0.39 is 5.54 Å². The maximum atomic E-state index is 11.5. The number of carbonyl (C=O) groups is 1. The van der Waals surface area contributed by atoms with E-state index in [-0.39, 0.29) is 5.91 Å². The van der Waals surface area contributed by atoms with Gasteiger partial charge in [-0.05, 0) is 43.0 Å². The first-order valence-corrected chi connectivity index (χ1v) is 6.15. The van der Waals surface area contributed by atoms with Crippen LogP contribution in [-0.4, -0.2) is 11.4 Å². The second-order valence-electron chi connectivity index (χ2n) is 4.59. The summed E-state index contributed by atoms with van der Waals surface area (Å²) >= 11 is 3.38. The number of hydrogen-bond donors (Lipinski definition) is 2. The van der Waals surface area contributed by atoms with Crippen LogP contribution in [-0.2, 0) is 4.79 Å². The fraction of sp³-hybridized carbons (Fsp3) is 0.417. The molecule has 0 heterocycles. The number of halogens is 1. The van der Waals surface area contributed by atoms with Crippen molar-refractivity contribution in [1.29, 1.82) is 0 Å². The second kappa shape index (κ2) is 4.09. The molecule has 1 saturated carbocycles. The smallest absolute Gasteiger partial charge is 0.243 e. The van der Waals surface area contributed by atoms with E-state index in [1.54, 1.807) is 0 Å². The molecule has 2 rings (SSSR count). The van der Waals surface area contributed by atoms with Crippen LogP contribution in [0.2, 0.25) is 0 Å². The van der Waals surface area contributed by atoms with Crippen molar-refractivity contribution in [2.75, 3.05) is 5.32 Å². The van der Waals surface area contributed by atoms with Crippen LogP contribution in [0.15, 0.2) is 28.7 Å². The Morgan fingerprint density at radius 2 is 2.00 bits per heavy atom. The maximum Gasteiger partial charge on any atom is 0.243 e. The zero-order chi connectivity index (χ0) is 11.8. The second-order valence-corrected chi connectivity index (χ2v) is 5.51. The lowest BCUT2D eigenvalue weighted by molar-refractivity contribution is -0.126. The van der Waals surface area contributed by atoms with E-state index in [1.165, 1.54) is 0 Å². The Morgan fingerprint density at radius 3 is 2.44 bits per heavy atom. The first-order valence-electron chi connectivity index (χ1n) is 5.35. The van der Waals surface area contributed by atoms with Crippen LogP contribution in [0.3, 0.4) is 0 Å². The highest BCUT2D eigenvalue weighted by Gasteiger charge is 2.47. The quantitative estimate of drug-likeness (QED) is 0.895. The third-order valence-corrected chi connectivity index (χ3v) is 3.62. The molecule has 1 aromatic carbocycles. The summed E-state index contributed by atoms with van der Waals surface area (Å²) in [6.45, 7) is 2.13. The summed E-state index contributed by atoms with van der Waals surface area (Å²) in [5, 5.41) is 3.25. The molecular weight excluding hydrogens is 268 g/mol. The summed E-state index contributed by atoms with van der Waals surface area (Å²) < 4.78 is 1.02. The first kappa shape index (κ1) is 11.5. The van der Waals surface area contributed by atoms with E-state index in [0.717, 1.165) is 23.0 Å². The third kappa shape index (κ3) is 2.07. The number of rotatable bonds is 3. The van der Waals surface area contributed by atoms with Crippen LogP contribution < -0.4 is 11.1 Å². The molecule has 0 aromatic heterocycles. The van der Waals surface area contributed by atoms with Gasteiger partial charge in [0, 0.05) is 10.2 Å². The molecule has 1 aliphatic carbocycles. The molecule has 0 radical (unpaired) electrons. The van der Waals surface area contributed by atoms with E-state index in [9.17, 15) is 4.79 Å². The van der Waals surface area contributed by atoms with Gasteiger partial charge in [-0.25, -0.2) is 0 Å². The molecule has 1 aromatic rings. The Hall–Kier alpha value is -1.03. The van der Waals surface area contributed by atoms with Crippen molar-refractivity contribution in [1.82, 2.24) is 0 Å². The Bertz CT molecular complexity index is 396. The molecule has 4 heteroatoms. The minimum atomic E-state index is -0.534. The van der Waals surface area contributed by atoms with Gasteiger partial charge in [-0.15, -0.1) is 0 Å². The molecule has 0 unspecified atom stereocenters. The normalized spacial score (nSPS) is 28.2. The Labute approximate surface area is 104 Å². The molecule has 3 nitrogen and oxygen atoms in total. The largest absolute Gasteiger partial charge is 0.371 e. The Balaban J connectivity index is 2.13. The van der Waals surface area contributed by atoms with Crippen molar-refractivity contribution in [3.05, 3.63) is 28.7 Å². The van der Waals surface area contributed by atoms with Gasteiger partial charge in [0.25, 0.3) is 0 Å². The van der Waals surface area contributed by atoms with Gasteiger partial charge in [0.1, 0.15) is 5.54 Å². The fourth-order valence-electron chi connectivity index (χ4n) is 2.30. The topological polar surface area (TPSA) is 55.1 Å². The number of carbonyl (C=O) groups excluding carboxylic acids is 1. The van der Waals surface area contributed by atoms with Gasteiger partial charge < -0.3 is 11.1 Å². The molecule has 0 bridgehead atoms. The fourth-order valence-corrected chi connectivity index (χ4v) is 2.57. The van der Waals surface area contributed by atoms with E-state index >= 15 is 0 Å². The maximum absolute atomic E-state index is 11.5. The van der Waals surface area contributed by atoms with Crippen LogP contribution in [0.5, 0.6) is 0 Å². The summed E-state index contributed by atoms with van der Waals surface area (Å²) in [4.78, 5) is 11.5. The minimum absolute atomic E-state index is 0.256. The highest BCUT2D eigenvalue weighted by atomic mass is 79.9. The lowest BCUT2D eigenvalue weighted by Crippen LogP contribution is -2.58. The lowest BCUT2D eigenvalue weighted by Gasteiger charge is -2.45. The molecule has 86 valence electrons. The van der Waals surface area contributed by atoms with Crippen molar-refractivity contribution in [3.8, 4) is 0 Å². The van der Waals surface area contributed by atoms with E-state index in [0.29, 0.717) is 5.92 Å². The van der Waals surface area contributed by atoms with Crippen LogP contribution in [0.25, 0.3) is 0 Å². The summed E-state index contributed by atoms with van der Waals surface area (Å²) in [5.41, 5.74) is 5.87. The molecular formula is C12H15BrN2O. The van der Waals surface area contributed by atoms with Crippen molar-refractivity contribution in [2.24, 2.45) is 11.7 Å². The number of hydrogen-bond acceptors (Lipinski definition) is 2. The van der Waals surface area contributed by atoms with E-state index in [2.05, 4.69) is 28.2 Å². The number of nitrogens with two attached hydrogens (primary N) is 1. The van der Waals surface area contributed by atoms with Gasteiger partial charge in [-0.2, -0.15) is 0 Å². The minimum Gasteiger partial charge on any atom is -0.371 e. The van der Waals surface area contributed by atoms with Crippen LogP contribution in [0, 0.1) is 5.92 Å². The number of primary amides is 1. The SMILES string of the molecule is CC1CC(Nc2ccc(Br)cc2)(C(N)=O)C1. The molecule has 0 atom stereocenters. The highest BCUT2D eigenvalue weighted by Crippen LogP contribution is 2.40. The average Bonchev–Trinajstić information content (AvgIpc) is 2.18. The molecule has 0 saturated heterocycles. The van der Waals surface area contributed by atoms with Gasteiger partial charge >= 0.3 is 0 Å². The first-order chi connectivity index (χ1) is 7.52. The number of nitrogens with one attached hydrogen (secondary N) is 1. The van der Waals surface area contributed by atoms with Crippen molar-refractivity contribution in [2.45, 2.75) is 25.3 Å². The van der Waals surface area contributed by atoms with Gasteiger partial charge in [-0.3, -0.25) is 4.79 Å². The zero-order valence-electron chi connectivity index (χ0n) is 9.16. The highest BCUT2D eigenvalue weighted by molar-refractivity contribution is 9.10. The number of benzene rings is 1. The summed E-state index contributed by atoms with van der Waals surface area (Å²) in [6, 6.07) is 7.77. The summed E-state index contributed by atoms with van der Waals surface area (Å²) in [7, 11) is 0. The Morgan fingerprint density at radius 1 is 1.44 bits per heavy atom. The molecule has 0 spiro atoms. The van der Waals surface area contributed by atoms with Crippen molar-refractivity contribution >= 4 is 27.5 Å². The predicted molar refractivity (Wildman–Crippen MR) is 68.1 cm³/mol. The van der Waals surface area contributed by atoms with Crippen LogP contribution >= 0.6 is 15.9 Å². The molecule has 3 N–H and O–H groups in total. The standard InChI is InChI=1S/C12H15BrN2O/c1-8-6-12(7-8,11(14)16)15-10-4-2-9(13)3-5-10/h2-5,8,15H,6-7H2,1H3,(H2,14,16). The van der Waals surface area contributed by atoms with Crippen molar-refractivity contribution in [3.63, 3.8) is 0 Å². The monoisotopic (exact) mass is 282 g/mol. The summed E-state index contributed by atoms with van der Waals surface area (Å²) in [5.74, 6) is 0.309. The van der Waals surface area contributed by atoms with Crippen LogP contribution in [0.4, 0.5) is 5.69 Å². The van der Waals surface area contributed by atoms with Crippen LogP contribution in [0.1, 0.15) is 19.8 Å². The van der Waals surface area contributed by atoms with Gasteiger partial charge in [-0.1, -0.05) is 22.9 Å². The third-order valence-electron chi connectivity index (χ3n) is 3.09. The molecule has 1 aliphatic rings. The predicted octanol–water partition coefficient (Wildman–Crippen LogP) is 2.52. The van der Waals surface area contributed by atoms with Crippen molar-refractivity contribution < 1.29 is 4.79 Å². The zero-order valence-corrected chi connectivity index (χ0v) is 10.8. The van der Waals surface area contributed by atoms with E-state index in [1.807, 2.05) is 24.3 Å². The Kier molecular flexibility index (Phi) is 2.93. The number of anilines is 1. The molecule has 0 aliphatic heterocycles. The number of amides is 1. The van der Waals surface area contributed by atoms with E-state index in [4.69, 9.17) is 5.73 Å². The molecule has 16 heavy (non-hydrogen) atoms. The average molecular weight is 283 g/mol. The van der Waals surface area contributed by atoms with Gasteiger partial charge in [0.2, 0.25) is 5.91 Å². The van der Waals surface area contributed by atoms with Gasteiger partial charge in [0.05, 0.1) is 0 Å².